The standard InChI is InChI=1S/C25H28N4O4/c1-17-8-10-19(11-9-17)29-15-22(24(26-29)18-6-5-7-20(12-18)32-4)25(31)28-13-21(14-28)33-16-23(30)27(2)3/h5-12,15,21H,13-14,16H2,1-4H3. The molecule has 33 heavy (non-hydrogen) atoms. The second-order valence-electron chi connectivity index (χ2n) is 8.33. The number of likely N-dealkylation sites (tertiary alicyclic amines) is 1. The number of hydrogen-bond acceptors (Lipinski definition) is 5. The van der Waals surface area contributed by atoms with Gasteiger partial charge >= 0.3 is 0 Å². The van der Waals surface area contributed by atoms with Crippen LogP contribution in [0.5, 0.6) is 5.75 Å². The summed E-state index contributed by atoms with van der Waals surface area (Å²) in [6.45, 7) is 2.91. The number of aryl methyl sites for hydroxylation is 1. The van der Waals surface area contributed by atoms with Crippen LogP contribution in [-0.4, -0.2) is 78.4 Å². The van der Waals surface area contributed by atoms with E-state index >= 15 is 0 Å². The van der Waals surface area contributed by atoms with Crippen LogP contribution in [0.4, 0.5) is 0 Å². The molecule has 0 unspecified atom stereocenters. The number of methoxy groups -OCH3 is 1. The van der Waals surface area contributed by atoms with Gasteiger partial charge in [-0.3, -0.25) is 9.59 Å². The van der Waals surface area contributed by atoms with Gasteiger partial charge in [0.15, 0.2) is 0 Å². The van der Waals surface area contributed by atoms with Gasteiger partial charge in [-0.15, -0.1) is 0 Å². The predicted octanol–water partition coefficient (Wildman–Crippen LogP) is 2.79. The molecule has 172 valence electrons. The molecular weight excluding hydrogens is 420 g/mol. The molecule has 1 aromatic heterocycles. The summed E-state index contributed by atoms with van der Waals surface area (Å²) in [7, 11) is 4.99. The number of benzene rings is 2. The minimum Gasteiger partial charge on any atom is -0.497 e. The lowest BCUT2D eigenvalue weighted by Gasteiger charge is -2.38. The Bertz CT molecular complexity index is 1150. The highest BCUT2D eigenvalue weighted by Crippen LogP contribution is 2.29. The molecule has 0 spiro atoms. The topological polar surface area (TPSA) is 76.9 Å². The van der Waals surface area contributed by atoms with Crippen molar-refractivity contribution in [2.75, 3.05) is 40.9 Å². The van der Waals surface area contributed by atoms with Crippen LogP contribution in [0.25, 0.3) is 16.9 Å². The Labute approximate surface area is 193 Å². The van der Waals surface area contributed by atoms with Gasteiger partial charge in [0.1, 0.15) is 18.1 Å². The van der Waals surface area contributed by atoms with Crippen molar-refractivity contribution in [1.29, 1.82) is 0 Å². The molecule has 2 aromatic carbocycles. The summed E-state index contributed by atoms with van der Waals surface area (Å²) in [6.07, 6.45) is 1.62. The molecule has 1 fully saturated rings. The largest absolute Gasteiger partial charge is 0.497 e. The molecule has 0 bridgehead atoms. The van der Waals surface area contributed by atoms with Gasteiger partial charge in [0.05, 0.1) is 24.5 Å². The SMILES string of the molecule is COc1cccc(-c2nn(-c3ccc(C)cc3)cc2C(=O)N2CC(OCC(=O)N(C)C)C2)c1. The highest BCUT2D eigenvalue weighted by Gasteiger charge is 2.34. The minimum atomic E-state index is -0.148. The number of aromatic nitrogens is 2. The van der Waals surface area contributed by atoms with Crippen LogP contribution < -0.4 is 4.74 Å². The third-order valence-electron chi connectivity index (χ3n) is 5.66. The molecule has 0 radical (unpaired) electrons. The molecule has 1 aliphatic heterocycles. The van der Waals surface area contributed by atoms with Gasteiger partial charge in [0.25, 0.3) is 5.91 Å². The first-order valence-corrected chi connectivity index (χ1v) is 10.8. The third-order valence-corrected chi connectivity index (χ3v) is 5.66. The molecule has 1 aliphatic rings. The maximum absolute atomic E-state index is 13.4. The Kier molecular flexibility index (Phi) is 6.46. The van der Waals surface area contributed by atoms with Gasteiger partial charge in [0, 0.05) is 38.9 Å². The lowest BCUT2D eigenvalue weighted by molar-refractivity contribution is -0.138. The average molecular weight is 449 g/mol. The van der Waals surface area contributed by atoms with E-state index in [4.69, 9.17) is 14.6 Å². The fourth-order valence-electron chi connectivity index (χ4n) is 3.54. The smallest absolute Gasteiger partial charge is 0.257 e. The van der Waals surface area contributed by atoms with E-state index in [9.17, 15) is 9.59 Å². The molecule has 0 saturated carbocycles. The number of rotatable bonds is 7. The van der Waals surface area contributed by atoms with Gasteiger partial charge in [-0.25, -0.2) is 4.68 Å². The first kappa shape index (κ1) is 22.5. The van der Waals surface area contributed by atoms with Gasteiger partial charge in [-0.05, 0) is 31.2 Å². The van der Waals surface area contributed by atoms with Crippen molar-refractivity contribution in [2.24, 2.45) is 0 Å². The number of carbonyl (C=O) groups is 2. The Hall–Kier alpha value is -3.65. The number of likely N-dealkylation sites (N-methyl/N-ethyl adjacent to an activating group) is 1. The molecule has 0 N–H and O–H groups in total. The van der Waals surface area contributed by atoms with Crippen LogP contribution in [-0.2, 0) is 9.53 Å². The van der Waals surface area contributed by atoms with E-state index in [1.807, 2.05) is 55.5 Å². The molecule has 1 saturated heterocycles. The highest BCUT2D eigenvalue weighted by atomic mass is 16.5. The number of nitrogens with zero attached hydrogens (tertiary/aromatic N) is 4. The molecule has 2 heterocycles. The first-order valence-electron chi connectivity index (χ1n) is 10.8. The number of carbonyl (C=O) groups excluding carboxylic acids is 2. The van der Waals surface area contributed by atoms with Crippen molar-refractivity contribution in [2.45, 2.75) is 13.0 Å². The van der Waals surface area contributed by atoms with Gasteiger partial charge < -0.3 is 19.3 Å². The van der Waals surface area contributed by atoms with E-state index in [1.54, 1.807) is 37.0 Å². The van der Waals surface area contributed by atoms with E-state index in [2.05, 4.69) is 0 Å². The van der Waals surface area contributed by atoms with Crippen LogP contribution in [0.2, 0.25) is 0 Å². The van der Waals surface area contributed by atoms with Crippen LogP contribution in [0.15, 0.2) is 54.7 Å². The van der Waals surface area contributed by atoms with Crippen LogP contribution >= 0.6 is 0 Å². The molecule has 3 aromatic rings. The molecule has 8 heteroatoms. The van der Waals surface area contributed by atoms with Crippen molar-refractivity contribution in [3.63, 3.8) is 0 Å². The summed E-state index contributed by atoms with van der Waals surface area (Å²) in [5, 5.41) is 4.75. The number of amides is 2. The molecule has 2 amide bonds. The second-order valence-corrected chi connectivity index (χ2v) is 8.33. The van der Waals surface area contributed by atoms with E-state index in [0.29, 0.717) is 30.1 Å². The van der Waals surface area contributed by atoms with Crippen molar-refractivity contribution >= 4 is 11.8 Å². The van der Waals surface area contributed by atoms with E-state index in [-0.39, 0.29) is 24.5 Å². The van der Waals surface area contributed by atoms with Crippen molar-refractivity contribution in [1.82, 2.24) is 19.6 Å². The molecule has 4 rings (SSSR count). The lowest BCUT2D eigenvalue weighted by Crippen LogP contribution is -2.55. The number of hydrogen-bond donors (Lipinski definition) is 0. The van der Waals surface area contributed by atoms with Crippen molar-refractivity contribution < 1.29 is 19.1 Å². The Morgan fingerprint density at radius 1 is 1.12 bits per heavy atom. The summed E-state index contributed by atoms with van der Waals surface area (Å²) in [6, 6.07) is 15.5. The maximum atomic E-state index is 13.4. The summed E-state index contributed by atoms with van der Waals surface area (Å²) in [5.74, 6) is 0.475. The normalized spacial score (nSPS) is 13.5. The maximum Gasteiger partial charge on any atom is 0.257 e. The zero-order valence-corrected chi connectivity index (χ0v) is 19.3. The molecule has 8 nitrogen and oxygen atoms in total. The zero-order chi connectivity index (χ0) is 23.5. The summed E-state index contributed by atoms with van der Waals surface area (Å²) in [4.78, 5) is 28.3. The molecule has 0 aliphatic carbocycles. The summed E-state index contributed by atoms with van der Waals surface area (Å²) >= 11 is 0. The summed E-state index contributed by atoms with van der Waals surface area (Å²) in [5.41, 5.74) is 3.91. The molecule has 0 atom stereocenters. The fourth-order valence-corrected chi connectivity index (χ4v) is 3.54. The Balaban J connectivity index is 1.58. The van der Waals surface area contributed by atoms with Crippen LogP contribution in [0.3, 0.4) is 0 Å². The zero-order valence-electron chi connectivity index (χ0n) is 19.3. The van der Waals surface area contributed by atoms with Gasteiger partial charge in [-0.2, -0.15) is 5.10 Å². The predicted molar refractivity (Wildman–Crippen MR) is 125 cm³/mol. The quantitative estimate of drug-likeness (QED) is 0.556. The van der Waals surface area contributed by atoms with E-state index in [0.717, 1.165) is 16.8 Å². The third kappa shape index (κ3) is 4.90. The minimum absolute atomic E-state index is 0.0140. The summed E-state index contributed by atoms with van der Waals surface area (Å²) < 4.78 is 12.7. The fraction of sp³-hybridized carbons (Fsp3) is 0.320. The van der Waals surface area contributed by atoms with Gasteiger partial charge in [-0.1, -0.05) is 29.8 Å². The average Bonchev–Trinajstić information content (AvgIpc) is 3.23. The van der Waals surface area contributed by atoms with Crippen LogP contribution in [0.1, 0.15) is 15.9 Å². The van der Waals surface area contributed by atoms with E-state index in [1.165, 1.54) is 4.90 Å². The lowest BCUT2D eigenvalue weighted by atomic mass is 10.0. The van der Waals surface area contributed by atoms with Crippen molar-refractivity contribution in [3.8, 4) is 22.7 Å². The Morgan fingerprint density at radius 2 is 1.85 bits per heavy atom. The van der Waals surface area contributed by atoms with E-state index < -0.39 is 0 Å². The molecular formula is C25H28N4O4. The van der Waals surface area contributed by atoms with Gasteiger partial charge in [0.2, 0.25) is 5.91 Å². The van der Waals surface area contributed by atoms with Crippen LogP contribution in [0, 0.1) is 6.92 Å². The highest BCUT2D eigenvalue weighted by molar-refractivity contribution is 6.00. The second kappa shape index (κ2) is 9.46. The Morgan fingerprint density at radius 3 is 2.52 bits per heavy atom. The number of ether oxygens (including phenoxy) is 2. The van der Waals surface area contributed by atoms with Crippen molar-refractivity contribution in [3.05, 3.63) is 65.9 Å². The monoisotopic (exact) mass is 448 g/mol. The first-order chi connectivity index (χ1) is 15.9.